The van der Waals surface area contributed by atoms with Crippen LogP contribution >= 0.6 is 0 Å². The zero-order valence-corrected chi connectivity index (χ0v) is 12.3. The Balaban J connectivity index is 1.90. The number of fused-ring (bicyclic) bond motifs is 1. The molecule has 1 atom stereocenters. The van der Waals surface area contributed by atoms with Crippen LogP contribution in [0.5, 0.6) is 0 Å². The van der Waals surface area contributed by atoms with Crippen LogP contribution in [0.4, 0.5) is 14.5 Å². The number of aryl methyl sites for hydroxylation is 1. The maximum absolute atomic E-state index is 12.6. The van der Waals surface area contributed by atoms with Gasteiger partial charge in [-0.1, -0.05) is 6.07 Å². The molecule has 3 rings (SSSR count). The second-order valence-corrected chi connectivity index (χ2v) is 5.82. The highest BCUT2D eigenvalue weighted by Gasteiger charge is 2.25. The molecule has 0 saturated heterocycles. The number of nitrogens with zero attached hydrogens (tertiary/aromatic N) is 3. The normalized spacial score (nSPS) is 18.1. The fourth-order valence-corrected chi connectivity index (χ4v) is 3.14. The Labute approximate surface area is 123 Å². The van der Waals surface area contributed by atoms with E-state index >= 15 is 0 Å². The standard InChI is InChI=1S/C16H19F2N3/c1-20-9-11(6-16(17)18)5-13-7-12(3-4-15(13)20)14-8-19-21(2)10-14/h3-4,7-8,10-11,16H,5-6,9H2,1-2H3. The van der Waals surface area contributed by atoms with Crippen LogP contribution in [0.1, 0.15) is 12.0 Å². The second-order valence-electron chi connectivity index (χ2n) is 5.82. The van der Waals surface area contributed by atoms with Crippen molar-refractivity contribution in [1.82, 2.24) is 9.78 Å². The monoisotopic (exact) mass is 291 g/mol. The fraction of sp³-hybridized carbons (Fsp3) is 0.438. The van der Waals surface area contributed by atoms with Crippen molar-refractivity contribution < 1.29 is 8.78 Å². The summed E-state index contributed by atoms with van der Waals surface area (Å²) in [6, 6.07) is 6.26. The van der Waals surface area contributed by atoms with Gasteiger partial charge in [-0.05, 0) is 35.6 Å². The van der Waals surface area contributed by atoms with Gasteiger partial charge in [0.05, 0.1) is 6.20 Å². The van der Waals surface area contributed by atoms with Crippen molar-refractivity contribution in [2.24, 2.45) is 13.0 Å². The van der Waals surface area contributed by atoms with Gasteiger partial charge in [0, 0.05) is 44.5 Å². The first-order valence-electron chi connectivity index (χ1n) is 7.14. The Morgan fingerprint density at radius 3 is 2.76 bits per heavy atom. The maximum Gasteiger partial charge on any atom is 0.239 e. The van der Waals surface area contributed by atoms with Crippen LogP contribution in [-0.4, -0.2) is 29.8 Å². The molecule has 1 aliphatic rings. The summed E-state index contributed by atoms with van der Waals surface area (Å²) < 4.78 is 27.0. The molecule has 0 bridgehead atoms. The minimum absolute atomic E-state index is 0.0200. The molecule has 2 aromatic rings. The molecule has 1 aliphatic heterocycles. The van der Waals surface area contributed by atoms with Gasteiger partial charge >= 0.3 is 0 Å². The lowest BCUT2D eigenvalue weighted by Crippen LogP contribution is -2.33. The van der Waals surface area contributed by atoms with Crippen molar-refractivity contribution in [2.75, 3.05) is 18.5 Å². The van der Waals surface area contributed by atoms with Crippen LogP contribution in [0, 0.1) is 5.92 Å². The van der Waals surface area contributed by atoms with Gasteiger partial charge in [-0.2, -0.15) is 5.10 Å². The van der Waals surface area contributed by atoms with Crippen molar-refractivity contribution in [3.63, 3.8) is 0 Å². The molecule has 0 fully saturated rings. The van der Waals surface area contributed by atoms with Gasteiger partial charge in [-0.15, -0.1) is 0 Å². The van der Waals surface area contributed by atoms with E-state index in [4.69, 9.17) is 0 Å². The molecule has 2 heterocycles. The summed E-state index contributed by atoms with van der Waals surface area (Å²) >= 11 is 0. The lowest BCUT2D eigenvalue weighted by molar-refractivity contribution is 0.115. The second kappa shape index (κ2) is 5.47. The molecule has 0 radical (unpaired) electrons. The average molecular weight is 291 g/mol. The summed E-state index contributed by atoms with van der Waals surface area (Å²) in [5.74, 6) is 0.0200. The quantitative estimate of drug-likeness (QED) is 0.864. The minimum atomic E-state index is -2.23. The summed E-state index contributed by atoms with van der Waals surface area (Å²) in [7, 11) is 3.86. The van der Waals surface area contributed by atoms with E-state index < -0.39 is 6.43 Å². The number of benzene rings is 1. The van der Waals surface area contributed by atoms with Gasteiger partial charge in [0.15, 0.2) is 0 Å². The van der Waals surface area contributed by atoms with Gasteiger partial charge < -0.3 is 4.90 Å². The summed E-state index contributed by atoms with van der Waals surface area (Å²) in [4.78, 5) is 2.08. The molecule has 5 heteroatoms. The topological polar surface area (TPSA) is 21.1 Å². The molecule has 0 aliphatic carbocycles. The smallest absolute Gasteiger partial charge is 0.239 e. The summed E-state index contributed by atoms with van der Waals surface area (Å²) in [6.07, 6.45) is 2.25. The van der Waals surface area contributed by atoms with E-state index in [0.29, 0.717) is 6.54 Å². The molecular formula is C16H19F2N3. The molecular weight excluding hydrogens is 272 g/mol. The van der Waals surface area contributed by atoms with Gasteiger partial charge in [-0.3, -0.25) is 4.68 Å². The third kappa shape index (κ3) is 2.91. The molecule has 0 saturated carbocycles. The van der Waals surface area contributed by atoms with Gasteiger partial charge in [0.2, 0.25) is 6.43 Å². The Bertz CT molecular complexity index is 636. The molecule has 3 nitrogen and oxygen atoms in total. The average Bonchev–Trinajstić information content (AvgIpc) is 2.84. The molecule has 0 spiro atoms. The number of hydrogen-bond acceptors (Lipinski definition) is 2. The summed E-state index contributed by atoms with van der Waals surface area (Å²) in [6.45, 7) is 0.698. The third-order valence-corrected chi connectivity index (χ3v) is 4.08. The van der Waals surface area contributed by atoms with Crippen molar-refractivity contribution in [2.45, 2.75) is 19.3 Å². The first kappa shape index (κ1) is 14.0. The molecule has 21 heavy (non-hydrogen) atoms. The Kier molecular flexibility index (Phi) is 3.66. The third-order valence-electron chi connectivity index (χ3n) is 4.08. The number of alkyl halides is 2. The number of rotatable bonds is 3. The molecule has 1 unspecified atom stereocenters. The van der Waals surface area contributed by atoms with Crippen molar-refractivity contribution in [3.05, 3.63) is 36.2 Å². The van der Waals surface area contributed by atoms with Crippen LogP contribution < -0.4 is 4.90 Å². The molecule has 1 aromatic carbocycles. The van der Waals surface area contributed by atoms with Crippen molar-refractivity contribution >= 4 is 5.69 Å². The molecule has 1 aromatic heterocycles. The zero-order valence-electron chi connectivity index (χ0n) is 12.3. The van der Waals surface area contributed by atoms with Gasteiger partial charge in [0.1, 0.15) is 0 Å². The number of hydrogen-bond donors (Lipinski definition) is 0. The Morgan fingerprint density at radius 2 is 2.10 bits per heavy atom. The van der Waals surface area contributed by atoms with Crippen LogP contribution in [0.3, 0.4) is 0 Å². The molecule has 0 N–H and O–H groups in total. The van der Waals surface area contributed by atoms with Gasteiger partial charge in [-0.25, -0.2) is 8.78 Å². The van der Waals surface area contributed by atoms with Crippen LogP contribution in [0.2, 0.25) is 0 Å². The number of anilines is 1. The predicted octanol–water partition coefficient (Wildman–Crippen LogP) is 3.35. The minimum Gasteiger partial charge on any atom is -0.374 e. The van der Waals surface area contributed by atoms with E-state index in [0.717, 1.165) is 28.8 Å². The van der Waals surface area contributed by atoms with E-state index in [2.05, 4.69) is 28.2 Å². The predicted molar refractivity (Wildman–Crippen MR) is 79.7 cm³/mol. The van der Waals surface area contributed by atoms with E-state index in [-0.39, 0.29) is 12.3 Å². The van der Waals surface area contributed by atoms with Crippen molar-refractivity contribution in [3.8, 4) is 11.1 Å². The van der Waals surface area contributed by atoms with E-state index in [9.17, 15) is 8.78 Å². The van der Waals surface area contributed by atoms with E-state index in [1.807, 2.05) is 26.5 Å². The first-order chi connectivity index (χ1) is 10.0. The fourth-order valence-electron chi connectivity index (χ4n) is 3.14. The largest absolute Gasteiger partial charge is 0.374 e. The van der Waals surface area contributed by atoms with E-state index in [1.54, 1.807) is 4.68 Å². The zero-order chi connectivity index (χ0) is 15.0. The Morgan fingerprint density at radius 1 is 1.29 bits per heavy atom. The highest BCUT2D eigenvalue weighted by atomic mass is 19.3. The highest BCUT2D eigenvalue weighted by Crippen LogP contribution is 2.34. The van der Waals surface area contributed by atoms with Crippen LogP contribution in [-0.2, 0) is 13.5 Å². The van der Waals surface area contributed by atoms with Crippen molar-refractivity contribution in [1.29, 1.82) is 0 Å². The van der Waals surface area contributed by atoms with Crippen LogP contribution in [0.25, 0.3) is 11.1 Å². The highest BCUT2D eigenvalue weighted by molar-refractivity contribution is 5.68. The summed E-state index contributed by atoms with van der Waals surface area (Å²) in [5, 5.41) is 4.18. The molecule has 112 valence electrons. The maximum atomic E-state index is 12.6. The first-order valence-corrected chi connectivity index (χ1v) is 7.14. The number of aromatic nitrogens is 2. The lowest BCUT2D eigenvalue weighted by Gasteiger charge is -2.33. The summed E-state index contributed by atoms with van der Waals surface area (Å²) in [5.41, 5.74) is 4.44. The van der Waals surface area contributed by atoms with Crippen LogP contribution in [0.15, 0.2) is 30.6 Å². The SMILES string of the molecule is CN1CC(CC(F)F)Cc2cc(-c3cnn(C)c3)ccc21. The van der Waals surface area contributed by atoms with E-state index in [1.165, 1.54) is 0 Å². The lowest BCUT2D eigenvalue weighted by atomic mass is 9.89. The number of halogens is 2. The van der Waals surface area contributed by atoms with Gasteiger partial charge in [0.25, 0.3) is 0 Å². The Hall–Kier alpha value is -1.91. The molecule has 0 amide bonds.